The second-order valence-electron chi connectivity index (χ2n) is 6.63. The van der Waals surface area contributed by atoms with Gasteiger partial charge in [0, 0.05) is 24.6 Å². The quantitative estimate of drug-likeness (QED) is 0.178. The lowest BCUT2D eigenvalue weighted by molar-refractivity contribution is 0.0711. The molecular formula is C21H32IN3O3S. The molecule has 0 aliphatic rings. The molecule has 1 heterocycles. The first-order chi connectivity index (χ1) is 13.5. The van der Waals surface area contributed by atoms with E-state index in [1.807, 2.05) is 48.7 Å². The van der Waals surface area contributed by atoms with Gasteiger partial charge in [-0.25, -0.2) is 4.99 Å². The molecule has 6 nitrogen and oxygen atoms in total. The highest BCUT2D eigenvalue weighted by Gasteiger charge is 2.23. The van der Waals surface area contributed by atoms with Crippen LogP contribution in [0.4, 0.5) is 0 Å². The number of nitrogens with zero attached hydrogens (tertiary/aromatic N) is 1. The Hall–Kier alpha value is -1.36. The van der Waals surface area contributed by atoms with Gasteiger partial charge in [-0.15, -0.1) is 35.3 Å². The van der Waals surface area contributed by atoms with Gasteiger partial charge in [0.15, 0.2) is 5.96 Å². The van der Waals surface area contributed by atoms with Crippen molar-refractivity contribution in [3.05, 3.63) is 52.2 Å². The van der Waals surface area contributed by atoms with E-state index in [1.54, 1.807) is 14.0 Å². The van der Waals surface area contributed by atoms with Crippen molar-refractivity contribution in [3.63, 3.8) is 0 Å². The predicted molar refractivity (Wildman–Crippen MR) is 131 cm³/mol. The highest BCUT2D eigenvalue weighted by atomic mass is 127. The minimum Gasteiger partial charge on any atom is -0.497 e. The second-order valence-corrected chi connectivity index (χ2v) is 7.58. The third-order valence-electron chi connectivity index (χ3n) is 4.13. The van der Waals surface area contributed by atoms with E-state index in [0.29, 0.717) is 25.7 Å². The summed E-state index contributed by atoms with van der Waals surface area (Å²) in [5.41, 5.74) is 0.164. The standard InChI is InChI=1S/C21H31N3O3S.HI/c1-4-22-20(24-16-21(2,25)19-7-5-14-28-19)23-12-6-13-27-15-17-8-10-18(26-3)11-9-17;/h5,7-11,14,25H,4,6,12-13,15-16H2,1-3H3,(H2,22,23,24);1H. The monoisotopic (exact) mass is 533 g/mol. The van der Waals surface area contributed by atoms with E-state index in [4.69, 9.17) is 9.47 Å². The Morgan fingerprint density at radius 1 is 1.21 bits per heavy atom. The van der Waals surface area contributed by atoms with Crippen molar-refractivity contribution in [1.29, 1.82) is 0 Å². The zero-order valence-electron chi connectivity index (χ0n) is 17.3. The maximum Gasteiger partial charge on any atom is 0.191 e. The number of aliphatic imine (C=N–C) groups is 1. The number of aliphatic hydroxyl groups is 1. The molecule has 0 aliphatic heterocycles. The van der Waals surface area contributed by atoms with E-state index in [9.17, 15) is 5.11 Å². The van der Waals surface area contributed by atoms with E-state index in [-0.39, 0.29) is 24.0 Å². The number of hydrogen-bond donors (Lipinski definition) is 3. The predicted octanol–water partition coefficient (Wildman–Crippen LogP) is 3.74. The first kappa shape index (κ1) is 25.7. The zero-order valence-corrected chi connectivity index (χ0v) is 20.5. The van der Waals surface area contributed by atoms with E-state index < -0.39 is 5.60 Å². The summed E-state index contributed by atoms with van der Waals surface area (Å²) in [7, 11) is 1.66. The number of guanidine groups is 1. The Bertz CT molecular complexity index is 706. The Morgan fingerprint density at radius 2 is 1.97 bits per heavy atom. The molecule has 162 valence electrons. The number of rotatable bonds is 11. The fraction of sp³-hybridized carbons (Fsp3) is 0.476. The van der Waals surface area contributed by atoms with Crippen molar-refractivity contribution in [2.45, 2.75) is 32.5 Å². The van der Waals surface area contributed by atoms with Crippen LogP contribution in [0.3, 0.4) is 0 Å². The zero-order chi connectivity index (χ0) is 20.2. The summed E-state index contributed by atoms with van der Waals surface area (Å²) in [6.45, 7) is 6.87. The van der Waals surface area contributed by atoms with Crippen molar-refractivity contribution in [2.75, 3.05) is 33.4 Å². The summed E-state index contributed by atoms with van der Waals surface area (Å²) >= 11 is 1.54. The van der Waals surface area contributed by atoms with Crippen molar-refractivity contribution >= 4 is 41.3 Å². The molecule has 0 saturated carbocycles. The fourth-order valence-corrected chi connectivity index (χ4v) is 3.31. The minimum absolute atomic E-state index is 0. The van der Waals surface area contributed by atoms with Crippen LogP contribution < -0.4 is 15.4 Å². The molecule has 0 radical (unpaired) electrons. The molecule has 2 rings (SSSR count). The van der Waals surface area contributed by atoms with Gasteiger partial charge in [-0.2, -0.15) is 0 Å². The molecule has 0 amide bonds. The Morgan fingerprint density at radius 3 is 2.59 bits per heavy atom. The third-order valence-corrected chi connectivity index (χ3v) is 5.25. The normalized spacial score (nSPS) is 13.3. The van der Waals surface area contributed by atoms with E-state index in [1.165, 1.54) is 11.3 Å². The average Bonchev–Trinajstić information content (AvgIpc) is 3.25. The molecule has 8 heteroatoms. The molecule has 1 aromatic carbocycles. The number of hydrogen-bond acceptors (Lipinski definition) is 5. The average molecular weight is 533 g/mol. The number of benzene rings is 1. The molecule has 0 saturated heterocycles. The van der Waals surface area contributed by atoms with Gasteiger partial charge in [0.25, 0.3) is 0 Å². The first-order valence-electron chi connectivity index (χ1n) is 9.54. The first-order valence-corrected chi connectivity index (χ1v) is 10.4. The molecule has 1 atom stereocenters. The Kier molecular flexibility index (Phi) is 12.2. The molecule has 1 aromatic heterocycles. The highest BCUT2D eigenvalue weighted by Crippen LogP contribution is 2.25. The van der Waals surface area contributed by atoms with Crippen molar-refractivity contribution < 1.29 is 14.6 Å². The summed E-state index contributed by atoms with van der Waals surface area (Å²) in [6.07, 6.45) is 0.863. The summed E-state index contributed by atoms with van der Waals surface area (Å²) in [5.74, 6) is 1.55. The summed E-state index contributed by atoms with van der Waals surface area (Å²) < 4.78 is 10.9. The molecule has 2 aromatic rings. The van der Waals surface area contributed by atoms with Crippen molar-refractivity contribution in [3.8, 4) is 5.75 Å². The number of ether oxygens (including phenoxy) is 2. The summed E-state index contributed by atoms with van der Waals surface area (Å²) in [6, 6.07) is 11.8. The summed E-state index contributed by atoms with van der Waals surface area (Å²) in [4.78, 5) is 5.44. The van der Waals surface area contributed by atoms with Gasteiger partial charge in [-0.05, 0) is 49.4 Å². The van der Waals surface area contributed by atoms with Crippen molar-refractivity contribution in [1.82, 2.24) is 10.6 Å². The second kappa shape index (κ2) is 13.8. The van der Waals surface area contributed by atoms with E-state index in [0.717, 1.165) is 35.7 Å². The van der Waals surface area contributed by atoms with Crippen LogP contribution in [0.15, 0.2) is 46.8 Å². The van der Waals surface area contributed by atoms with Crippen LogP contribution in [-0.4, -0.2) is 44.4 Å². The van der Waals surface area contributed by atoms with Crippen LogP contribution in [0.5, 0.6) is 5.75 Å². The Labute approximate surface area is 194 Å². The molecule has 0 fully saturated rings. The Balaban J connectivity index is 0.00000420. The lowest BCUT2D eigenvalue weighted by atomic mass is 10.1. The van der Waals surface area contributed by atoms with Crippen LogP contribution in [0, 0.1) is 0 Å². The lowest BCUT2D eigenvalue weighted by Gasteiger charge is -2.20. The molecule has 0 spiro atoms. The summed E-state index contributed by atoms with van der Waals surface area (Å²) in [5, 5.41) is 19.0. The van der Waals surface area contributed by atoms with E-state index in [2.05, 4.69) is 15.6 Å². The molecule has 0 bridgehead atoms. The lowest BCUT2D eigenvalue weighted by Crippen LogP contribution is -2.39. The smallest absolute Gasteiger partial charge is 0.191 e. The fourth-order valence-electron chi connectivity index (χ4n) is 2.53. The van der Waals surface area contributed by atoms with Crippen LogP contribution in [0.1, 0.15) is 30.7 Å². The molecule has 3 N–H and O–H groups in total. The van der Waals surface area contributed by atoms with Gasteiger partial charge in [0.1, 0.15) is 11.4 Å². The molecular weight excluding hydrogens is 501 g/mol. The molecule has 1 unspecified atom stereocenters. The van der Waals surface area contributed by atoms with Gasteiger partial charge in [0.2, 0.25) is 0 Å². The van der Waals surface area contributed by atoms with Gasteiger partial charge < -0.3 is 25.2 Å². The third kappa shape index (κ3) is 9.33. The maximum atomic E-state index is 10.6. The van der Waals surface area contributed by atoms with Gasteiger partial charge in [-0.1, -0.05) is 18.2 Å². The SMILES string of the molecule is CCNC(=NCC(C)(O)c1cccs1)NCCCOCc1ccc(OC)cc1.I. The number of nitrogens with one attached hydrogen (secondary N) is 2. The largest absolute Gasteiger partial charge is 0.497 e. The topological polar surface area (TPSA) is 75.1 Å². The maximum absolute atomic E-state index is 10.6. The van der Waals surface area contributed by atoms with Crippen LogP contribution in [0.25, 0.3) is 0 Å². The number of halogens is 1. The molecule has 29 heavy (non-hydrogen) atoms. The van der Waals surface area contributed by atoms with Crippen LogP contribution in [-0.2, 0) is 16.9 Å². The van der Waals surface area contributed by atoms with Gasteiger partial charge >= 0.3 is 0 Å². The van der Waals surface area contributed by atoms with Gasteiger partial charge in [-0.3, -0.25) is 0 Å². The number of thiophene rings is 1. The van der Waals surface area contributed by atoms with Crippen LogP contribution >= 0.6 is 35.3 Å². The highest BCUT2D eigenvalue weighted by molar-refractivity contribution is 14.0. The number of methoxy groups -OCH3 is 1. The van der Waals surface area contributed by atoms with E-state index >= 15 is 0 Å². The van der Waals surface area contributed by atoms with Gasteiger partial charge in [0.05, 0.1) is 20.3 Å². The van der Waals surface area contributed by atoms with Crippen molar-refractivity contribution in [2.24, 2.45) is 4.99 Å². The minimum atomic E-state index is -0.960. The van der Waals surface area contributed by atoms with Crippen LogP contribution in [0.2, 0.25) is 0 Å². The molecule has 0 aliphatic carbocycles.